The lowest BCUT2D eigenvalue weighted by atomic mass is 9.87. The van der Waals surface area contributed by atoms with Crippen molar-refractivity contribution >= 4 is 15.9 Å². The Balaban J connectivity index is 1.61. The Bertz CT molecular complexity index is 772. The lowest BCUT2D eigenvalue weighted by Gasteiger charge is -2.36. The van der Waals surface area contributed by atoms with E-state index >= 15 is 0 Å². The normalized spacial score (nSPS) is 21.0. The van der Waals surface area contributed by atoms with Gasteiger partial charge in [0, 0.05) is 32.2 Å². The first kappa shape index (κ1) is 20.3. The third kappa shape index (κ3) is 4.70. The highest BCUT2D eigenvalue weighted by Crippen LogP contribution is 2.25. The van der Waals surface area contributed by atoms with Gasteiger partial charge in [-0.3, -0.25) is 9.69 Å². The number of piperazine rings is 1. The summed E-state index contributed by atoms with van der Waals surface area (Å²) in [7, 11) is -3.50. The minimum absolute atomic E-state index is 0.00883. The summed E-state index contributed by atoms with van der Waals surface area (Å²) in [6.07, 6.45) is 2.14. The molecule has 3 rings (SSSR count). The zero-order valence-corrected chi connectivity index (χ0v) is 17.6. The first-order chi connectivity index (χ1) is 12.6. The number of sulfonamides is 1. The average Bonchev–Trinajstić information content (AvgIpc) is 3.44. The largest absolute Gasteiger partial charge is 0.352 e. The average molecular weight is 394 g/mol. The maximum absolute atomic E-state index is 12.9. The molecule has 2 fully saturated rings. The van der Waals surface area contributed by atoms with Crippen molar-refractivity contribution in [3.63, 3.8) is 0 Å². The second-order valence-electron chi connectivity index (χ2n) is 8.67. The van der Waals surface area contributed by atoms with Crippen molar-refractivity contribution < 1.29 is 13.2 Å². The fourth-order valence-corrected chi connectivity index (χ4v) is 4.74. The van der Waals surface area contributed by atoms with Crippen molar-refractivity contribution in [3.05, 3.63) is 29.8 Å². The maximum Gasteiger partial charge on any atom is 0.243 e. The minimum Gasteiger partial charge on any atom is -0.352 e. The summed E-state index contributed by atoms with van der Waals surface area (Å²) in [5.74, 6) is 0.0478. The highest BCUT2D eigenvalue weighted by Gasteiger charge is 2.33. The molecule has 27 heavy (non-hydrogen) atoms. The Morgan fingerprint density at radius 3 is 2.11 bits per heavy atom. The van der Waals surface area contributed by atoms with E-state index in [4.69, 9.17) is 0 Å². The first-order valence-electron chi connectivity index (χ1n) is 9.74. The molecule has 1 saturated carbocycles. The molecule has 0 spiro atoms. The number of nitrogens with zero attached hydrogens (tertiary/aromatic N) is 2. The minimum atomic E-state index is -3.50. The monoisotopic (exact) mass is 393 g/mol. The second-order valence-corrected chi connectivity index (χ2v) is 10.6. The van der Waals surface area contributed by atoms with Crippen LogP contribution in [-0.4, -0.2) is 61.8 Å². The standard InChI is InChI=1S/C20H31N3O3S/c1-15(19(24)21-17-7-8-17)22-11-13-23(14-12-22)27(25,26)18-9-5-16(6-10-18)20(2,3)4/h5-6,9-10,15,17H,7-8,11-14H2,1-4H3,(H,21,24). The van der Waals surface area contributed by atoms with Crippen LogP contribution in [0.2, 0.25) is 0 Å². The molecule has 1 unspecified atom stereocenters. The fourth-order valence-electron chi connectivity index (χ4n) is 3.32. The smallest absolute Gasteiger partial charge is 0.243 e. The third-order valence-electron chi connectivity index (χ3n) is 5.48. The van der Waals surface area contributed by atoms with E-state index in [9.17, 15) is 13.2 Å². The van der Waals surface area contributed by atoms with E-state index in [1.54, 1.807) is 12.1 Å². The van der Waals surface area contributed by atoms with Crippen molar-refractivity contribution in [1.29, 1.82) is 0 Å². The molecule has 6 nitrogen and oxygen atoms in total. The van der Waals surface area contributed by atoms with Gasteiger partial charge in [0.05, 0.1) is 10.9 Å². The number of hydrogen-bond donors (Lipinski definition) is 1. The van der Waals surface area contributed by atoms with Gasteiger partial charge < -0.3 is 5.32 Å². The summed E-state index contributed by atoms with van der Waals surface area (Å²) in [5.41, 5.74) is 1.10. The zero-order chi connectivity index (χ0) is 19.8. The van der Waals surface area contributed by atoms with Crippen molar-refractivity contribution in [2.45, 2.75) is 62.9 Å². The molecule has 1 saturated heterocycles. The highest BCUT2D eigenvalue weighted by atomic mass is 32.2. The van der Waals surface area contributed by atoms with Crippen molar-refractivity contribution in [1.82, 2.24) is 14.5 Å². The molecule has 1 heterocycles. The summed E-state index contributed by atoms with van der Waals surface area (Å²) in [6, 6.07) is 7.32. The van der Waals surface area contributed by atoms with Gasteiger partial charge in [-0.05, 0) is 42.9 Å². The van der Waals surface area contributed by atoms with Gasteiger partial charge >= 0.3 is 0 Å². The molecule has 1 aliphatic heterocycles. The predicted molar refractivity (Wildman–Crippen MR) is 106 cm³/mol. The molecule has 0 aromatic heterocycles. The van der Waals surface area contributed by atoms with E-state index in [1.165, 1.54) is 4.31 Å². The molecule has 0 bridgehead atoms. The number of rotatable bonds is 5. The topological polar surface area (TPSA) is 69.7 Å². The summed E-state index contributed by atoms with van der Waals surface area (Å²) in [6.45, 7) is 10.2. The van der Waals surface area contributed by atoms with Crippen LogP contribution in [0, 0.1) is 0 Å². The molecule has 7 heteroatoms. The first-order valence-corrected chi connectivity index (χ1v) is 11.2. The van der Waals surface area contributed by atoms with Crippen LogP contribution in [0.15, 0.2) is 29.2 Å². The van der Waals surface area contributed by atoms with E-state index < -0.39 is 10.0 Å². The van der Waals surface area contributed by atoms with Crippen LogP contribution < -0.4 is 5.32 Å². The van der Waals surface area contributed by atoms with E-state index in [0.717, 1.165) is 18.4 Å². The van der Waals surface area contributed by atoms with Crippen LogP contribution in [-0.2, 0) is 20.2 Å². The molecule has 1 amide bonds. The number of amides is 1. The Kier molecular flexibility index (Phi) is 5.66. The lowest BCUT2D eigenvalue weighted by Crippen LogP contribution is -2.55. The fraction of sp³-hybridized carbons (Fsp3) is 0.650. The van der Waals surface area contributed by atoms with E-state index in [1.807, 2.05) is 19.1 Å². The summed E-state index contributed by atoms with van der Waals surface area (Å²) in [5, 5.41) is 3.02. The van der Waals surface area contributed by atoms with Crippen LogP contribution in [0.5, 0.6) is 0 Å². The molecule has 1 aliphatic carbocycles. The zero-order valence-electron chi connectivity index (χ0n) is 16.7. The van der Waals surface area contributed by atoms with E-state index in [0.29, 0.717) is 37.1 Å². The van der Waals surface area contributed by atoms with Crippen molar-refractivity contribution in [3.8, 4) is 0 Å². The summed E-state index contributed by atoms with van der Waals surface area (Å²) >= 11 is 0. The molecule has 1 N–H and O–H groups in total. The van der Waals surface area contributed by atoms with E-state index in [-0.39, 0.29) is 17.4 Å². The highest BCUT2D eigenvalue weighted by molar-refractivity contribution is 7.89. The predicted octanol–water partition coefficient (Wildman–Crippen LogP) is 1.96. The van der Waals surface area contributed by atoms with Crippen LogP contribution >= 0.6 is 0 Å². The molecule has 1 atom stereocenters. The van der Waals surface area contributed by atoms with Crippen molar-refractivity contribution in [2.75, 3.05) is 26.2 Å². The van der Waals surface area contributed by atoms with Gasteiger partial charge in [0.25, 0.3) is 0 Å². The van der Waals surface area contributed by atoms with Gasteiger partial charge in [-0.25, -0.2) is 8.42 Å². The number of carbonyl (C=O) groups excluding carboxylic acids is 1. The Hall–Kier alpha value is -1.44. The molecule has 150 valence electrons. The van der Waals surface area contributed by atoms with Crippen LogP contribution in [0.4, 0.5) is 0 Å². The summed E-state index contributed by atoms with van der Waals surface area (Å²) in [4.78, 5) is 14.6. The Morgan fingerprint density at radius 1 is 1.07 bits per heavy atom. The molecular formula is C20H31N3O3S. The maximum atomic E-state index is 12.9. The van der Waals surface area contributed by atoms with Gasteiger partial charge in [-0.2, -0.15) is 4.31 Å². The Morgan fingerprint density at radius 2 is 1.63 bits per heavy atom. The van der Waals surface area contributed by atoms with Gasteiger partial charge in [0.1, 0.15) is 0 Å². The van der Waals surface area contributed by atoms with E-state index in [2.05, 4.69) is 31.0 Å². The number of hydrogen-bond acceptors (Lipinski definition) is 4. The summed E-state index contributed by atoms with van der Waals surface area (Å²) < 4.78 is 27.4. The molecular weight excluding hydrogens is 362 g/mol. The second kappa shape index (κ2) is 7.53. The SMILES string of the molecule is CC(C(=O)NC1CC1)N1CCN(S(=O)(=O)c2ccc(C(C)(C)C)cc2)CC1. The molecule has 1 aromatic carbocycles. The Labute approximate surface area is 163 Å². The van der Waals surface area contributed by atoms with Gasteiger partial charge in [-0.1, -0.05) is 32.9 Å². The molecule has 0 radical (unpaired) electrons. The van der Waals surface area contributed by atoms with Gasteiger partial charge in [0.15, 0.2) is 0 Å². The van der Waals surface area contributed by atoms with Crippen molar-refractivity contribution in [2.24, 2.45) is 0 Å². The third-order valence-corrected chi connectivity index (χ3v) is 7.40. The van der Waals surface area contributed by atoms with Crippen LogP contribution in [0.3, 0.4) is 0 Å². The molecule has 1 aromatic rings. The van der Waals surface area contributed by atoms with Crippen LogP contribution in [0.25, 0.3) is 0 Å². The van der Waals surface area contributed by atoms with Gasteiger partial charge in [0.2, 0.25) is 15.9 Å². The lowest BCUT2D eigenvalue weighted by molar-refractivity contribution is -0.126. The number of benzene rings is 1. The quantitative estimate of drug-likeness (QED) is 0.830. The van der Waals surface area contributed by atoms with Crippen LogP contribution in [0.1, 0.15) is 46.1 Å². The van der Waals surface area contributed by atoms with Gasteiger partial charge in [-0.15, -0.1) is 0 Å². The molecule has 2 aliphatic rings. The number of carbonyl (C=O) groups is 1. The number of nitrogens with one attached hydrogen (secondary N) is 1.